The van der Waals surface area contributed by atoms with Crippen molar-refractivity contribution in [2.24, 2.45) is 11.3 Å². The molecule has 0 heterocycles. The summed E-state index contributed by atoms with van der Waals surface area (Å²) in [5.41, 5.74) is -5.29. The zero-order valence-corrected chi connectivity index (χ0v) is 10.1. The minimum Gasteiger partial charge on any atom is -0.354 e. The van der Waals surface area contributed by atoms with Gasteiger partial charge in [0.05, 0.1) is 6.07 Å². The number of nitriles is 1. The number of alkyl halides is 3. The molecule has 0 aromatic rings. The number of carbonyl (C=O) groups is 1. The Bertz CT molecular complexity index is 331. The number of nitrogens with one attached hydrogen (secondary N) is 1. The highest BCUT2D eigenvalue weighted by molar-refractivity contribution is 8.00. The van der Waals surface area contributed by atoms with Crippen molar-refractivity contribution < 1.29 is 18.0 Å². The van der Waals surface area contributed by atoms with E-state index in [2.05, 4.69) is 5.32 Å². The molecule has 1 amide bonds. The fraction of sp³-hybridized carbons (Fsp3) is 0.800. The van der Waals surface area contributed by atoms with E-state index in [9.17, 15) is 18.0 Å². The highest BCUT2D eigenvalue weighted by Crippen LogP contribution is 2.45. The molecule has 1 saturated carbocycles. The number of halogens is 3. The molecule has 7 heteroatoms. The second kappa shape index (κ2) is 5.17. The Balaban J connectivity index is 2.29. The van der Waals surface area contributed by atoms with Gasteiger partial charge in [0.2, 0.25) is 5.91 Å². The second-order valence-electron chi connectivity index (χ2n) is 4.26. The monoisotopic (exact) mass is 266 g/mol. The molecule has 3 nitrogen and oxygen atoms in total. The largest absolute Gasteiger partial charge is 0.441 e. The van der Waals surface area contributed by atoms with Gasteiger partial charge in [0.15, 0.2) is 0 Å². The predicted octanol–water partition coefficient (Wildman–Crippen LogP) is 2.30. The average molecular weight is 266 g/mol. The maximum atomic E-state index is 11.8. The molecule has 0 radical (unpaired) electrons. The third-order valence-corrected chi connectivity index (χ3v) is 3.43. The lowest BCUT2D eigenvalue weighted by Crippen LogP contribution is -2.48. The quantitative estimate of drug-likeness (QED) is 0.794. The zero-order valence-electron chi connectivity index (χ0n) is 9.30. The van der Waals surface area contributed by atoms with Crippen molar-refractivity contribution in [3.05, 3.63) is 0 Å². The van der Waals surface area contributed by atoms with Gasteiger partial charge >= 0.3 is 5.51 Å². The highest BCUT2D eigenvalue weighted by Gasteiger charge is 2.48. The molecular weight excluding hydrogens is 253 g/mol. The van der Waals surface area contributed by atoms with Crippen LogP contribution < -0.4 is 5.32 Å². The van der Waals surface area contributed by atoms with Gasteiger partial charge in [0, 0.05) is 12.3 Å². The van der Waals surface area contributed by atoms with Crippen LogP contribution in [0.5, 0.6) is 0 Å². The molecule has 1 rings (SSSR count). The SMILES string of the molecule is CC1CC(C#N)(C(=O)NCCSC(F)(F)F)C1. The first-order valence-corrected chi connectivity index (χ1v) is 6.18. The molecule has 17 heavy (non-hydrogen) atoms. The van der Waals surface area contributed by atoms with Crippen LogP contribution in [0.1, 0.15) is 19.8 Å². The lowest BCUT2D eigenvalue weighted by atomic mass is 9.63. The first kappa shape index (κ1) is 14.2. The number of nitrogens with zero attached hydrogens (tertiary/aromatic N) is 1. The first-order chi connectivity index (χ1) is 7.79. The molecule has 0 spiro atoms. The van der Waals surface area contributed by atoms with E-state index in [0.29, 0.717) is 18.8 Å². The summed E-state index contributed by atoms with van der Waals surface area (Å²) in [6.07, 6.45) is 0.976. The van der Waals surface area contributed by atoms with Gasteiger partial charge in [0.1, 0.15) is 5.41 Å². The van der Waals surface area contributed by atoms with Crippen LogP contribution >= 0.6 is 11.8 Å². The molecule has 0 unspecified atom stereocenters. The Hall–Kier alpha value is -0.900. The van der Waals surface area contributed by atoms with Crippen LogP contribution in [0.4, 0.5) is 13.2 Å². The van der Waals surface area contributed by atoms with E-state index in [-0.39, 0.29) is 24.1 Å². The van der Waals surface area contributed by atoms with E-state index in [1.165, 1.54) is 0 Å². The van der Waals surface area contributed by atoms with Crippen molar-refractivity contribution in [2.45, 2.75) is 25.3 Å². The Kier molecular flexibility index (Phi) is 4.31. The molecule has 0 bridgehead atoms. The van der Waals surface area contributed by atoms with Gasteiger partial charge < -0.3 is 5.32 Å². The average Bonchev–Trinajstić information content (AvgIpc) is 2.17. The summed E-state index contributed by atoms with van der Waals surface area (Å²) in [6.45, 7) is 1.86. The molecule has 1 N–H and O–H groups in total. The third-order valence-electron chi connectivity index (χ3n) is 2.70. The molecule has 1 aliphatic carbocycles. The minimum atomic E-state index is -4.28. The Morgan fingerprint density at radius 2 is 2.18 bits per heavy atom. The summed E-state index contributed by atoms with van der Waals surface area (Å²) >= 11 is -0.178. The number of thioether (sulfide) groups is 1. The van der Waals surface area contributed by atoms with E-state index in [1.54, 1.807) is 0 Å². The van der Waals surface area contributed by atoms with E-state index in [1.807, 2.05) is 13.0 Å². The number of rotatable bonds is 4. The normalized spacial score (nSPS) is 28.1. The maximum Gasteiger partial charge on any atom is 0.441 e. The number of hydrogen-bond donors (Lipinski definition) is 1. The standard InChI is InChI=1S/C10H13F3N2OS/c1-7-4-9(5-7,6-14)8(16)15-2-3-17-10(11,12)13/h7H,2-5H2,1H3,(H,15,16). The summed E-state index contributed by atoms with van der Waals surface area (Å²) in [5, 5.41) is 11.3. The van der Waals surface area contributed by atoms with Crippen LogP contribution in [0.15, 0.2) is 0 Å². The molecular formula is C10H13F3N2OS. The predicted molar refractivity (Wildman–Crippen MR) is 58.0 cm³/mol. The van der Waals surface area contributed by atoms with Crippen LogP contribution in [0.3, 0.4) is 0 Å². The van der Waals surface area contributed by atoms with Gasteiger partial charge in [-0.3, -0.25) is 4.79 Å². The van der Waals surface area contributed by atoms with Crippen molar-refractivity contribution in [2.75, 3.05) is 12.3 Å². The van der Waals surface area contributed by atoms with E-state index in [0.717, 1.165) is 0 Å². The molecule has 0 aromatic heterocycles. The third kappa shape index (κ3) is 3.80. The van der Waals surface area contributed by atoms with E-state index in [4.69, 9.17) is 5.26 Å². The van der Waals surface area contributed by atoms with Crippen LogP contribution in [0, 0.1) is 22.7 Å². The van der Waals surface area contributed by atoms with Crippen LogP contribution in [0.25, 0.3) is 0 Å². The summed E-state index contributed by atoms with van der Waals surface area (Å²) in [4.78, 5) is 11.6. The highest BCUT2D eigenvalue weighted by atomic mass is 32.2. The number of amides is 1. The van der Waals surface area contributed by atoms with Gasteiger partial charge in [-0.2, -0.15) is 18.4 Å². The smallest absolute Gasteiger partial charge is 0.354 e. The summed E-state index contributed by atoms with van der Waals surface area (Å²) in [5.74, 6) is -0.349. The lowest BCUT2D eigenvalue weighted by Gasteiger charge is -2.39. The van der Waals surface area contributed by atoms with E-state index >= 15 is 0 Å². The maximum absolute atomic E-state index is 11.8. The Morgan fingerprint density at radius 1 is 1.59 bits per heavy atom. The van der Waals surface area contributed by atoms with Crippen molar-refractivity contribution in [3.63, 3.8) is 0 Å². The topological polar surface area (TPSA) is 52.9 Å². The van der Waals surface area contributed by atoms with Gasteiger partial charge in [-0.25, -0.2) is 0 Å². The van der Waals surface area contributed by atoms with Crippen LogP contribution in [0.2, 0.25) is 0 Å². The van der Waals surface area contributed by atoms with Crippen molar-refractivity contribution in [3.8, 4) is 6.07 Å². The van der Waals surface area contributed by atoms with Crippen LogP contribution in [-0.2, 0) is 4.79 Å². The second-order valence-corrected chi connectivity index (χ2v) is 5.42. The van der Waals surface area contributed by atoms with Crippen molar-refractivity contribution >= 4 is 17.7 Å². The van der Waals surface area contributed by atoms with Gasteiger partial charge in [0.25, 0.3) is 0 Å². The molecule has 0 saturated heterocycles. The summed E-state index contributed by atoms with van der Waals surface area (Å²) in [7, 11) is 0. The molecule has 0 aromatic carbocycles. The molecule has 0 atom stereocenters. The van der Waals surface area contributed by atoms with Crippen molar-refractivity contribution in [1.82, 2.24) is 5.32 Å². The molecule has 1 fully saturated rings. The molecule has 1 aliphatic rings. The summed E-state index contributed by atoms with van der Waals surface area (Å²) < 4.78 is 35.4. The number of hydrogen-bond acceptors (Lipinski definition) is 3. The number of carbonyl (C=O) groups excluding carboxylic acids is 1. The molecule has 96 valence electrons. The summed E-state index contributed by atoms with van der Waals surface area (Å²) in [6, 6.07) is 1.96. The Labute approximate surface area is 102 Å². The van der Waals surface area contributed by atoms with Gasteiger partial charge in [-0.05, 0) is 30.5 Å². The fourth-order valence-corrected chi connectivity index (χ4v) is 2.39. The minimum absolute atomic E-state index is 0.0686. The van der Waals surface area contributed by atoms with Gasteiger partial charge in [-0.15, -0.1) is 0 Å². The zero-order chi connectivity index (χ0) is 13.1. The fourth-order valence-electron chi connectivity index (χ4n) is 1.96. The van der Waals surface area contributed by atoms with Gasteiger partial charge in [-0.1, -0.05) is 6.92 Å². The van der Waals surface area contributed by atoms with Crippen LogP contribution in [-0.4, -0.2) is 23.7 Å². The molecule has 0 aliphatic heterocycles. The van der Waals surface area contributed by atoms with Crippen molar-refractivity contribution in [1.29, 1.82) is 5.26 Å². The Morgan fingerprint density at radius 3 is 2.59 bits per heavy atom. The lowest BCUT2D eigenvalue weighted by molar-refractivity contribution is -0.133. The van der Waals surface area contributed by atoms with E-state index < -0.39 is 16.8 Å². The first-order valence-electron chi connectivity index (χ1n) is 5.19.